The van der Waals surface area contributed by atoms with Gasteiger partial charge in [0.15, 0.2) is 0 Å². The average molecular weight is 311 g/mol. The highest BCUT2D eigenvalue weighted by atomic mass is 32.2. The number of carbonyl (C=O) groups excluding carboxylic acids is 1. The Kier molecular flexibility index (Phi) is 7.01. The molecule has 0 aliphatic heterocycles. The van der Waals surface area contributed by atoms with Gasteiger partial charge in [-0.2, -0.15) is 11.8 Å². The summed E-state index contributed by atoms with van der Waals surface area (Å²) in [5.74, 6) is -0.293. The summed E-state index contributed by atoms with van der Waals surface area (Å²) in [6.07, 6.45) is 2.79. The highest BCUT2D eigenvalue weighted by Crippen LogP contribution is 2.28. The standard InChI is InChI=1S/C14H21N3O3S/c1-4-8-15-13-11(6-5-7-12(13)17(19)20)14(18)16-9-10(2)21-3/h5-7,10,15H,4,8-9H2,1-3H3,(H,16,18). The Balaban J connectivity index is 3.01. The zero-order chi connectivity index (χ0) is 15.8. The van der Waals surface area contributed by atoms with Crippen LogP contribution in [0, 0.1) is 10.1 Å². The zero-order valence-electron chi connectivity index (χ0n) is 12.5. The monoisotopic (exact) mass is 311 g/mol. The topological polar surface area (TPSA) is 84.3 Å². The van der Waals surface area contributed by atoms with Gasteiger partial charge in [0.25, 0.3) is 11.6 Å². The third kappa shape index (κ3) is 4.93. The summed E-state index contributed by atoms with van der Waals surface area (Å²) in [4.78, 5) is 22.9. The number of nitro groups is 1. The molecule has 1 aromatic carbocycles. The van der Waals surface area contributed by atoms with E-state index in [1.54, 1.807) is 17.8 Å². The summed E-state index contributed by atoms with van der Waals surface area (Å²) in [7, 11) is 0. The van der Waals surface area contributed by atoms with Crippen molar-refractivity contribution in [2.45, 2.75) is 25.5 Å². The molecule has 1 rings (SSSR count). The molecule has 0 saturated carbocycles. The van der Waals surface area contributed by atoms with Gasteiger partial charge < -0.3 is 10.6 Å². The Hall–Kier alpha value is -1.76. The lowest BCUT2D eigenvalue weighted by atomic mass is 10.1. The fourth-order valence-electron chi connectivity index (χ4n) is 1.73. The average Bonchev–Trinajstić information content (AvgIpc) is 2.49. The Bertz CT molecular complexity index is 508. The number of para-hydroxylation sites is 1. The van der Waals surface area contributed by atoms with Gasteiger partial charge in [-0.25, -0.2) is 0 Å². The second kappa shape index (κ2) is 8.51. The highest BCUT2D eigenvalue weighted by molar-refractivity contribution is 7.99. The van der Waals surface area contributed by atoms with Crippen LogP contribution >= 0.6 is 11.8 Å². The van der Waals surface area contributed by atoms with Gasteiger partial charge in [0, 0.05) is 24.4 Å². The zero-order valence-corrected chi connectivity index (χ0v) is 13.3. The normalized spacial score (nSPS) is 11.8. The maximum absolute atomic E-state index is 12.2. The van der Waals surface area contributed by atoms with Crippen LogP contribution in [0.4, 0.5) is 11.4 Å². The van der Waals surface area contributed by atoms with Gasteiger partial charge >= 0.3 is 0 Å². The second-order valence-electron chi connectivity index (χ2n) is 4.64. The predicted octanol–water partition coefficient (Wildman–Crippen LogP) is 2.90. The molecule has 0 spiro atoms. The van der Waals surface area contributed by atoms with Crippen LogP contribution in [0.25, 0.3) is 0 Å². The minimum Gasteiger partial charge on any atom is -0.379 e. The number of amides is 1. The molecule has 0 bridgehead atoms. The molecule has 1 aromatic rings. The van der Waals surface area contributed by atoms with E-state index in [-0.39, 0.29) is 11.6 Å². The first-order valence-electron chi connectivity index (χ1n) is 6.83. The molecule has 116 valence electrons. The number of benzene rings is 1. The molecule has 1 unspecified atom stereocenters. The molecule has 7 heteroatoms. The number of rotatable bonds is 8. The number of nitrogens with zero attached hydrogens (tertiary/aromatic N) is 1. The van der Waals surface area contributed by atoms with Crippen LogP contribution in [0.1, 0.15) is 30.6 Å². The number of thioether (sulfide) groups is 1. The predicted molar refractivity (Wildman–Crippen MR) is 87.2 cm³/mol. The van der Waals surface area contributed by atoms with Crippen molar-refractivity contribution >= 4 is 29.0 Å². The summed E-state index contributed by atoms with van der Waals surface area (Å²) < 4.78 is 0. The summed E-state index contributed by atoms with van der Waals surface area (Å²) in [6, 6.07) is 4.53. The number of hydrogen-bond donors (Lipinski definition) is 2. The van der Waals surface area contributed by atoms with E-state index in [1.165, 1.54) is 12.1 Å². The van der Waals surface area contributed by atoms with Crippen molar-refractivity contribution in [2.24, 2.45) is 0 Å². The molecular formula is C14H21N3O3S. The largest absolute Gasteiger partial charge is 0.379 e. The molecular weight excluding hydrogens is 290 g/mol. The molecule has 21 heavy (non-hydrogen) atoms. The summed E-state index contributed by atoms with van der Waals surface area (Å²) in [5.41, 5.74) is 0.527. The second-order valence-corrected chi connectivity index (χ2v) is 5.92. The van der Waals surface area contributed by atoms with Gasteiger partial charge in [-0.15, -0.1) is 0 Å². The Morgan fingerprint density at radius 2 is 2.19 bits per heavy atom. The van der Waals surface area contributed by atoms with E-state index in [0.717, 1.165) is 6.42 Å². The van der Waals surface area contributed by atoms with E-state index in [0.29, 0.717) is 29.6 Å². The van der Waals surface area contributed by atoms with Crippen LogP contribution in [-0.4, -0.2) is 35.4 Å². The summed E-state index contributed by atoms with van der Waals surface area (Å²) in [6.45, 7) is 5.07. The lowest BCUT2D eigenvalue weighted by molar-refractivity contribution is -0.384. The minimum absolute atomic E-state index is 0.0750. The van der Waals surface area contributed by atoms with Crippen LogP contribution < -0.4 is 10.6 Å². The Morgan fingerprint density at radius 3 is 2.76 bits per heavy atom. The van der Waals surface area contributed by atoms with Crippen LogP contribution in [0.5, 0.6) is 0 Å². The lowest BCUT2D eigenvalue weighted by Gasteiger charge is -2.13. The maximum atomic E-state index is 12.2. The fraction of sp³-hybridized carbons (Fsp3) is 0.500. The van der Waals surface area contributed by atoms with Crippen LogP contribution in [0.3, 0.4) is 0 Å². The quantitative estimate of drug-likeness (QED) is 0.569. The smallest absolute Gasteiger partial charge is 0.293 e. The SMILES string of the molecule is CCCNc1c(C(=O)NCC(C)SC)cccc1[N+](=O)[O-]. The van der Waals surface area contributed by atoms with Crippen LogP contribution in [-0.2, 0) is 0 Å². The molecule has 2 N–H and O–H groups in total. The van der Waals surface area contributed by atoms with E-state index in [2.05, 4.69) is 10.6 Å². The number of nitro benzene ring substituents is 1. The minimum atomic E-state index is -0.473. The lowest BCUT2D eigenvalue weighted by Crippen LogP contribution is -2.30. The molecule has 0 heterocycles. The highest BCUT2D eigenvalue weighted by Gasteiger charge is 2.21. The Labute approximate surface area is 128 Å². The third-order valence-corrected chi connectivity index (χ3v) is 3.96. The molecule has 0 fully saturated rings. The van der Waals surface area contributed by atoms with Crippen molar-refractivity contribution in [3.8, 4) is 0 Å². The van der Waals surface area contributed by atoms with Crippen molar-refractivity contribution in [3.63, 3.8) is 0 Å². The van der Waals surface area contributed by atoms with Gasteiger partial charge in [0.2, 0.25) is 0 Å². The first-order chi connectivity index (χ1) is 10.0. The van der Waals surface area contributed by atoms with E-state index in [1.807, 2.05) is 20.1 Å². The number of nitrogens with one attached hydrogen (secondary N) is 2. The fourth-order valence-corrected chi connectivity index (χ4v) is 1.98. The first kappa shape index (κ1) is 17.3. The van der Waals surface area contributed by atoms with Gasteiger partial charge in [0.05, 0.1) is 10.5 Å². The van der Waals surface area contributed by atoms with Gasteiger partial charge in [-0.1, -0.05) is 19.9 Å². The maximum Gasteiger partial charge on any atom is 0.293 e. The molecule has 0 aliphatic rings. The number of carbonyl (C=O) groups is 1. The van der Waals surface area contributed by atoms with Gasteiger partial charge in [0.1, 0.15) is 5.69 Å². The number of anilines is 1. The molecule has 6 nitrogen and oxygen atoms in total. The van der Waals surface area contributed by atoms with Crippen molar-refractivity contribution in [2.75, 3.05) is 24.7 Å². The molecule has 0 aliphatic carbocycles. The number of hydrogen-bond acceptors (Lipinski definition) is 5. The van der Waals surface area contributed by atoms with E-state index < -0.39 is 4.92 Å². The van der Waals surface area contributed by atoms with Crippen molar-refractivity contribution in [3.05, 3.63) is 33.9 Å². The first-order valence-corrected chi connectivity index (χ1v) is 8.12. The molecule has 0 saturated heterocycles. The Morgan fingerprint density at radius 1 is 1.48 bits per heavy atom. The van der Waals surface area contributed by atoms with Crippen molar-refractivity contribution in [1.29, 1.82) is 0 Å². The van der Waals surface area contributed by atoms with Gasteiger partial charge in [-0.05, 0) is 18.7 Å². The molecule has 0 aromatic heterocycles. The van der Waals surface area contributed by atoms with Crippen LogP contribution in [0.2, 0.25) is 0 Å². The summed E-state index contributed by atoms with van der Waals surface area (Å²) in [5, 5.41) is 17.2. The van der Waals surface area contributed by atoms with E-state index in [4.69, 9.17) is 0 Å². The molecule has 1 atom stereocenters. The third-order valence-electron chi connectivity index (χ3n) is 2.99. The van der Waals surface area contributed by atoms with Crippen molar-refractivity contribution < 1.29 is 9.72 Å². The van der Waals surface area contributed by atoms with Crippen molar-refractivity contribution in [1.82, 2.24) is 5.32 Å². The molecule has 0 radical (unpaired) electrons. The van der Waals surface area contributed by atoms with Crippen LogP contribution in [0.15, 0.2) is 18.2 Å². The van der Waals surface area contributed by atoms with E-state index >= 15 is 0 Å². The van der Waals surface area contributed by atoms with Gasteiger partial charge in [-0.3, -0.25) is 14.9 Å². The van der Waals surface area contributed by atoms with E-state index in [9.17, 15) is 14.9 Å². The summed E-state index contributed by atoms with van der Waals surface area (Å²) >= 11 is 1.65. The molecule has 1 amide bonds.